The van der Waals surface area contributed by atoms with Gasteiger partial charge in [0, 0.05) is 19.8 Å². The van der Waals surface area contributed by atoms with E-state index >= 15 is 0 Å². The SMILES string of the molecule is Cn1cc(S(=O)(=O)NCC(O)c2ccccc2)cn1. The zero-order chi connectivity index (χ0) is 13.9. The molecule has 7 heteroatoms. The Morgan fingerprint density at radius 2 is 2.05 bits per heavy atom. The highest BCUT2D eigenvalue weighted by molar-refractivity contribution is 7.89. The quantitative estimate of drug-likeness (QED) is 0.832. The molecule has 1 aromatic heterocycles. The van der Waals surface area contributed by atoms with Gasteiger partial charge in [0.05, 0.1) is 12.3 Å². The van der Waals surface area contributed by atoms with Gasteiger partial charge < -0.3 is 5.11 Å². The second kappa shape index (κ2) is 5.52. The molecule has 0 bridgehead atoms. The number of aryl methyl sites for hydroxylation is 1. The van der Waals surface area contributed by atoms with Crippen molar-refractivity contribution in [1.29, 1.82) is 0 Å². The van der Waals surface area contributed by atoms with E-state index in [9.17, 15) is 13.5 Å². The maximum atomic E-state index is 11.9. The van der Waals surface area contributed by atoms with Crippen LogP contribution in [0.2, 0.25) is 0 Å². The number of nitrogens with one attached hydrogen (secondary N) is 1. The summed E-state index contributed by atoms with van der Waals surface area (Å²) in [5.41, 5.74) is 0.663. The fourth-order valence-corrected chi connectivity index (χ4v) is 2.62. The number of nitrogens with zero attached hydrogens (tertiary/aromatic N) is 2. The van der Waals surface area contributed by atoms with E-state index in [1.165, 1.54) is 17.1 Å². The first kappa shape index (κ1) is 13.7. The lowest BCUT2D eigenvalue weighted by Gasteiger charge is -2.11. The molecule has 2 N–H and O–H groups in total. The Balaban J connectivity index is 2.03. The van der Waals surface area contributed by atoms with Crippen molar-refractivity contribution < 1.29 is 13.5 Å². The van der Waals surface area contributed by atoms with Crippen LogP contribution in [0.4, 0.5) is 0 Å². The van der Waals surface area contributed by atoms with Gasteiger partial charge in [-0.15, -0.1) is 0 Å². The summed E-state index contributed by atoms with van der Waals surface area (Å²) in [6, 6.07) is 8.88. The fraction of sp³-hybridized carbons (Fsp3) is 0.250. The number of aliphatic hydroxyl groups excluding tert-OH is 1. The molecule has 1 atom stereocenters. The lowest BCUT2D eigenvalue weighted by Crippen LogP contribution is -2.28. The molecule has 1 unspecified atom stereocenters. The van der Waals surface area contributed by atoms with Crippen LogP contribution in [-0.4, -0.2) is 29.8 Å². The van der Waals surface area contributed by atoms with Gasteiger partial charge >= 0.3 is 0 Å². The van der Waals surface area contributed by atoms with E-state index in [1.807, 2.05) is 6.07 Å². The van der Waals surface area contributed by atoms with Gasteiger partial charge in [0.2, 0.25) is 10.0 Å². The Labute approximate surface area is 111 Å². The van der Waals surface area contributed by atoms with Gasteiger partial charge in [-0.3, -0.25) is 4.68 Å². The summed E-state index contributed by atoms with van der Waals surface area (Å²) >= 11 is 0. The van der Waals surface area contributed by atoms with Crippen LogP contribution in [0.3, 0.4) is 0 Å². The lowest BCUT2D eigenvalue weighted by molar-refractivity contribution is 0.182. The van der Waals surface area contributed by atoms with Crippen molar-refractivity contribution >= 4 is 10.0 Å². The number of sulfonamides is 1. The van der Waals surface area contributed by atoms with Crippen LogP contribution in [-0.2, 0) is 17.1 Å². The minimum atomic E-state index is -3.64. The smallest absolute Gasteiger partial charge is 0.243 e. The van der Waals surface area contributed by atoms with Crippen LogP contribution in [0.25, 0.3) is 0 Å². The predicted octanol–water partition coefficient (Wildman–Crippen LogP) is 0.432. The van der Waals surface area contributed by atoms with Gasteiger partial charge in [0.25, 0.3) is 0 Å². The number of aliphatic hydroxyl groups is 1. The van der Waals surface area contributed by atoms with Gasteiger partial charge in [-0.2, -0.15) is 5.10 Å². The summed E-state index contributed by atoms with van der Waals surface area (Å²) in [4.78, 5) is 0.0789. The molecule has 6 nitrogen and oxygen atoms in total. The summed E-state index contributed by atoms with van der Waals surface area (Å²) in [5, 5.41) is 13.7. The van der Waals surface area contributed by atoms with Crippen molar-refractivity contribution in [2.45, 2.75) is 11.0 Å². The maximum absolute atomic E-state index is 11.9. The Morgan fingerprint density at radius 1 is 1.37 bits per heavy atom. The molecule has 1 heterocycles. The molecule has 0 amide bonds. The molecule has 0 saturated carbocycles. The summed E-state index contributed by atoms with van der Waals surface area (Å²) in [6.07, 6.45) is 1.78. The topological polar surface area (TPSA) is 84.2 Å². The number of hydrogen-bond donors (Lipinski definition) is 2. The molecule has 0 saturated heterocycles. The molecule has 102 valence electrons. The monoisotopic (exact) mass is 281 g/mol. The minimum Gasteiger partial charge on any atom is -0.387 e. The minimum absolute atomic E-state index is 0.0789. The van der Waals surface area contributed by atoms with E-state index in [2.05, 4.69) is 9.82 Å². The predicted molar refractivity (Wildman–Crippen MR) is 69.8 cm³/mol. The third-order valence-corrected chi connectivity index (χ3v) is 4.02. The van der Waals surface area contributed by atoms with Crippen LogP contribution in [0, 0.1) is 0 Å². The zero-order valence-corrected chi connectivity index (χ0v) is 11.2. The first-order valence-corrected chi connectivity index (χ1v) is 7.19. The third kappa shape index (κ3) is 3.40. The number of hydrogen-bond acceptors (Lipinski definition) is 4. The van der Waals surface area contributed by atoms with Gasteiger partial charge in [-0.1, -0.05) is 30.3 Å². The number of aromatic nitrogens is 2. The van der Waals surface area contributed by atoms with E-state index in [-0.39, 0.29) is 11.4 Å². The molecule has 19 heavy (non-hydrogen) atoms. The Bertz CT molecular complexity index is 637. The van der Waals surface area contributed by atoms with Crippen LogP contribution in [0.1, 0.15) is 11.7 Å². The Morgan fingerprint density at radius 3 is 2.63 bits per heavy atom. The van der Waals surface area contributed by atoms with Crippen LogP contribution in [0.5, 0.6) is 0 Å². The Hall–Kier alpha value is -1.70. The first-order chi connectivity index (χ1) is 8.99. The lowest BCUT2D eigenvalue weighted by atomic mass is 10.1. The highest BCUT2D eigenvalue weighted by Gasteiger charge is 2.17. The van der Waals surface area contributed by atoms with Crippen molar-refractivity contribution in [1.82, 2.24) is 14.5 Å². The van der Waals surface area contributed by atoms with E-state index < -0.39 is 16.1 Å². The molecule has 0 fully saturated rings. The molecule has 0 aliphatic heterocycles. The molecular weight excluding hydrogens is 266 g/mol. The molecule has 2 aromatic rings. The summed E-state index contributed by atoms with van der Waals surface area (Å²) < 4.78 is 27.6. The van der Waals surface area contributed by atoms with E-state index in [1.54, 1.807) is 31.3 Å². The molecule has 1 aromatic carbocycles. The Kier molecular flexibility index (Phi) is 3.98. The fourth-order valence-electron chi connectivity index (χ4n) is 1.60. The van der Waals surface area contributed by atoms with Gasteiger partial charge in [-0.25, -0.2) is 13.1 Å². The maximum Gasteiger partial charge on any atom is 0.243 e. The van der Waals surface area contributed by atoms with Gasteiger partial charge in [0.15, 0.2) is 0 Å². The van der Waals surface area contributed by atoms with Crippen LogP contribution < -0.4 is 4.72 Å². The standard InChI is InChI=1S/C12H15N3O3S/c1-15-9-11(7-13-15)19(17,18)14-8-12(16)10-5-3-2-4-6-10/h2-7,9,12,14,16H,8H2,1H3. The molecular formula is C12H15N3O3S. The van der Waals surface area contributed by atoms with Crippen LogP contribution in [0.15, 0.2) is 47.6 Å². The highest BCUT2D eigenvalue weighted by atomic mass is 32.2. The molecule has 0 radical (unpaired) electrons. The van der Waals surface area contributed by atoms with E-state index in [0.717, 1.165) is 0 Å². The number of rotatable bonds is 5. The normalized spacial score (nSPS) is 13.4. The van der Waals surface area contributed by atoms with Crippen molar-refractivity contribution in [3.8, 4) is 0 Å². The van der Waals surface area contributed by atoms with E-state index in [0.29, 0.717) is 5.56 Å². The highest BCUT2D eigenvalue weighted by Crippen LogP contribution is 2.12. The van der Waals surface area contributed by atoms with Crippen molar-refractivity contribution in [2.75, 3.05) is 6.54 Å². The summed E-state index contributed by atoms with van der Waals surface area (Å²) in [5.74, 6) is 0. The summed E-state index contributed by atoms with van der Waals surface area (Å²) in [7, 11) is -2.00. The van der Waals surface area contributed by atoms with Gasteiger partial charge in [-0.05, 0) is 5.56 Å². The molecule has 2 rings (SSSR count). The molecule has 0 spiro atoms. The van der Waals surface area contributed by atoms with Gasteiger partial charge in [0.1, 0.15) is 4.90 Å². The molecule has 0 aliphatic rings. The second-order valence-corrected chi connectivity index (χ2v) is 5.90. The third-order valence-electron chi connectivity index (χ3n) is 2.64. The summed E-state index contributed by atoms with van der Waals surface area (Å²) in [6.45, 7) is -0.0821. The van der Waals surface area contributed by atoms with Crippen molar-refractivity contribution in [3.05, 3.63) is 48.3 Å². The first-order valence-electron chi connectivity index (χ1n) is 5.70. The second-order valence-electron chi connectivity index (χ2n) is 4.13. The largest absolute Gasteiger partial charge is 0.387 e. The number of benzene rings is 1. The average molecular weight is 281 g/mol. The van der Waals surface area contributed by atoms with Crippen molar-refractivity contribution in [3.63, 3.8) is 0 Å². The van der Waals surface area contributed by atoms with E-state index in [4.69, 9.17) is 0 Å². The van der Waals surface area contributed by atoms with Crippen molar-refractivity contribution in [2.24, 2.45) is 7.05 Å². The molecule has 0 aliphatic carbocycles. The van der Waals surface area contributed by atoms with Crippen LogP contribution >= 0.6 is 0 Å². The zero-order valence-electron chi connectivity index (χ0n) is 10.4. The average Bonchev–Trinajstić information content (AvgIpc) is 2.85.